The maximum atomic E-state index is 9.63. The van der Waals surface area contributed by atoms with Crippen LogP contribution in [0.1, 0.15) is 50.4 Å². The summed E-state index contributed by atoms with van der Waals surface area (Å²) >= 11 is 0. The number of H-pyrrole nitrogens is 4. The molecule has 24 heteroatoms. The second kappa shape index (κ2) is 28.1. The zero-order valence-electron chi connectivity index (χ0n) is 52.7. The van der Waals surface area contributed by atoms with Crippen molar-refractivity contribution in [1.82, 2.24) is 96.6 Å². The normalized spacial score (nSPS) is 18.4. The minimum Gasteiger partial charge on any atom is -0.393 e. The van der Waals surface area contributed by atoms with Gasteiger partial charge in [0.25, 0.3) is 0 Å². The van der Waals surface area contributed by atoms with Gasteiger partial charge in [0.2, 0.25) is 0 Å². The van der Waals surface area contributed by atoms with Crippen molar-refractivity contribution < 1.29 is 10.8 Å². The number of aliphatic hydroxyl groups is 1. The standard InChI is InChI=1S/C21H20N6.C17H20N6.C16H18N6.C16H17N5O.4H2/c1-2-6-15(7-3-1)18-14-27(13-12-22-18)19-10-4-9-17(24-19)20-16-8-5-11-23-21(16)26-25-20;1-11-10-23(12(2)9-19-11)15-7-3-6-14(20-15)16-13-5-4-8-18-17(13)22-21-16;1-17-11-7-9-22(10-11)14-6-2-5-13(19-14)15-12-4-3-8-18-16(12)21-20-15;22-11-6-9-21(10-7-11)14-5-1-4-13(18-14)15-12-3-2-8-17-16(12)20-19-15;;;;/h1-11,18,22H,12-14H2,(H,23,25,26);3-8,11-12,19H,9-10H2,1-2H3,(H,18,21,22);2-6,8,11,17H,7,9-10H2,1H3,(H,18,20,21);1-5,8,11,22H,6-7,9-10H2,(H,17,19,20);4*1H. The SMILES string of the molecule is CC1CN(c2cccc(-c3[nH]nc4ncccc34)n2)C(C)CN1.CNC1CCN(c2cccc(-c3[nH]nc4ncccc34)n2)C1.OC1CCN(c2cccc(-c3[nH]nc4ncccc34)n2)CC1.[HH].[HH].[HH].[HH].c1ccc(C2CN(c3cccc(-c4[nH]nc5ncccc45)n3)CCN2)cc1. The molecular formula is C70H83N23O. The highest BCUT2D eigenvalue weighted by Crippen LogP contribution is 2.32. The first-order chi connectivity index (χ1) is 46.3. The molecule has 13 aromatic rings. The van der Waals surface area contributed by atoms with E-state index in [1.54, 1.807) is 24.8 Å². The Labute approximate surface area is 549 Å². The number of nitrogens with zero attached hydrogens (tertiary/aromatic N) is 16. The highest BCUT2D eigenvalue weighted by Gasteiger charge is 2.27. The molecule has 484 valence electrons. The number of pyridine rings is 8. The molecule has 0 bridgehead atoms. The number of hydrogen-bond donors (Lipinski definition) is 8. The lowest BCUT2D eigenvalue weighted by Crippen LogP contribution is -2.54. The van der Waals surface area contributed by atoms with E-state index >= 15 is 0 Å². The highest BCUT2D eigenvalue weighted by atomic mass is 16.3. The molecule has 4 atom stereocenters. The number of likely N-dealkylation sites (N-methyl/N-ethyl adjacent to an activating group) is 1. The molecule has 0 aliphatic carbocycles. The van der Waals surface area contributed by atoms with Crippen molar-refractivity contribution in [1.29, 1.82) is 0 Å². The summed E-state index contributed by atoms with van der Waals surface area (Å²) < 4.78 is 0. The van der Waals surface area contributed by atoms with Crippen LogP contribution in [0, 0.1) is 0 Å². The molecule has 8 N–H and O–H groups in total. The van der Waals surface area contributed by atoms with Gasteiger partial charge in [-0.15, -0.1) is 0 Å². The maximum Gasteiger partial charge on any atom is 0.181 e. The van der Waals surface area contributed by atoms with Crippen LogP contribution in [0.15, 0.2) is 176 Å². The molecule has 17 rings (SSSR count). The predicted molar refractivity (Wildman–Crippen MR) is 378 cm³/mol. The number of benzene rings is 1. The molecule has 4 saturated heterocycles. The summed E-state index contributed by atoms with van der Waals surface area (Å²) in [5.41, 5.74) is 11.4. The van der Waals surface area contributed by atoms with Crippen LogP contribution in [0.3, 0.4) is 0 Å². The summed E-state index contributed by atoms with van der Waals surface area (Å²) in [5, 5.41) is 53.3. The van der Waals surface area contributed by atoms with E-state index < -0.39 is 0 Å². The molecule has 94 heavy (non-hydrogen) atoms. The Morgan fingerprint density at radius 2 is 0.862 bits per heavy atom. The molecule has 4 unspecified atom stereocenters. The van der Waals surface area contributed by atoms with E-state index in [9.17, 15) is 5.11 Å². The lowest BCUT2D eigenvalue weighted by molar-refractivity contribution is 0.145. The zero-order valence-corrected chi connectivity index (χ0v) is 52.7. The van der Waals surface area contributed by atoms with Gasteiger partial charge >= 0.3 is 0 Å². The topological polar surface area (TPSA) is 287 Å². The van der Waals surface area contributed by atoms with Gasteiger partial charge in [-0.3, -0.25) is 20.4 Å². The van der Waals surface area contributed by atoms with Crippen molar-refractivity contribution in [3.63, 3.8) is 0 Å². The fourth-order valence-electron chi connectivity index (χ4n) is 12.6. The predicted octanol–water partition coefficient (Wildman–Crippen LogP) is 10.2. The van der Waals surface area contributed by atoms with Crippen molar-refractivity contribution in [2.45, 2.75) is 63.4 Å². The number of piperidine rings is 1. The molecule has 0 spiro atoms. The molecule has 16 heterocycles. The maximum absolute atomic E-state index is 9.63. The number of fused-ring (bicyclic) bond motifs is 4. The molecule has 0 amide bonds. The van der Waals surface area contributed by atoms with E-state index in [1.807, 2.05) is 98.0 Å². The van der Waals surface area contributed by atoms with Crippen molar-refractivity contribution in [3.05, 3.63) is 182 Å². The number of piperazine rings is 2. The largest absolute Gasteiger partial charge is 0.393 e. The van der Waals surface area contributed by atoms with E-state index in [0.29, 0.717) is 35.5 Å². The van der Waals surface area contributed by atoms with E-state index in [2.05, 4.69) is 171 Å². The average molecular weight is 1260 g/mol. The summed E-state index contributed by atoms with van der Waals surface area (Å²) in [4.78, 5) is 45.7. The van der Waals surface area contributed by atoms with E-state index in [0.717, 1.165) is 180 Å². The quantitative estimate of drug-likeness (QED) is 0.0632. The number of nitrogens with one attached hydrogen (secondary N) is 7. The van der Waals surface area contributed by atoms with Gasteiger partial charge in [0, 0.05) is 135 Å². The molecule has 1 aromatic carbocycles. The Morgan fingerprint density at radius 3 is 1.32 bits per heavy atom. The third kappa shape index (κ3) is 13.5. The Hall–Kier alpha value is -10.7. The monoisotopic (exact) mass is 1260 g/mol. The minimum absolute atomic E-state index is 0. The summed E-state index contributed by atoms with van der Waals surface area (Å²) in [5.74, 6) is 3.95. The van der Waals surface area contributed by atoms with Gasteiger partial charge in [-0.1, -0.05) is 54.6 Å². The number of aliphatic hydroxyl groups excluding tert-OH is 1. The first-order valence-corrected chi connectivity index (χ1v) is 32.2. The van der Waals surface area contributed by atoms with Gasteiger partial charge in [-0.25, -0.2) is 39.9 Å². The Bertz CT molecular complexity index is 4550. The number of aromatic amines is 4. The van der Waals surface area contributed by atoms with Gasteiger partial charge in [0.05, 0.1) is 51.7 Å². The highest BCUT2D eigenvalue weighted by molar-refractivity contribution is 5.92. The summed E-state index contributed by atoms with van der Waals surface area (Å²) in [6.45, 7) is 12.8. The van der Waals surface area contributed by atoms with E-state index in [-0.39, 0.29) is 11.8 Å². The van der Waals surface area contributed by atoms with Crippen LogP contribution in [-0.4, -0.2) is 176 Å². The van der Waals surface area contributed by atoms with Crippen molar-refractivity contribution >= 4 is 67.4 Å². The summed E-state index contributed by atoms with van der Waals surface area (Å²) in [6.07, 6.45) is 9.55. The number of anilines is 4. The Morgan fingerprint density at radius 1 is 0.436 bits per heavy atom. The van der Waals surface area contributed by atoms with Crippen molar-refractivity contribution in [2.75, 3.05) is 85.6 Å². The molecular weight excluding hydrogens is 1180 g/mol. The van der Waals surface area contributed by atoms with Gasteiger partial charge in [0.1, 0.15) is 23.3 Å². The summed E-state index contributed by atoms with van der Waals surface area (Å²) in [7, 11) is 2.02. The second-order valence-corrected chi connectivity index (χ2v) is 24.0. The fourth-order valence-corrected chi connectivity index (χ4v) is 12.6. The van der Waals surface area contributed by atoms with Crippen LogP contribution in [0.25, 0.3) is 89.7 Å². The second-order valence-electron chi connectivity index (χ2n) is 24.0. The molecule has 0 saturated carbocycles. The van der Waals surface area contributed by atoms with Gasteiger partial charge in [-0.05, 0) is 143 Å². The average Bonchev–Trinajstić information content (AvgIpc) is 1.59. The minimum atomic E-state index is -0.179. The summed E-state index contributed by atoms with van der Waals surface area (Å²) in [6, 6.07) is 52.5. The van der Waals surface area contributed by atoms with E-state index in [4.69, 9.17) is 19.9 Å². The third-order valence-electron chi connectivity index (χ3n) is 17.7. The molecule has 4 aliphatic rings. The van der Waals surface area contributed by atoms with Crippen LogP contribution in [-0.2, 0) is 0 Å². The number of aromatic nitrogens is 16. The molecule has 24 nitrogen and oxygen atoms in total. The molecule has 12 aromatic heterocycles. The smallest absolute Gasteiger partial charge is 0.181 e. The first-order valence-electron chi connectivity index (χ1n) is 32.2. The number of rotatable bonds is 10. The van der Waals surface area contributed by atoms with Gasteiger partial charge in [-0.2, -0.15) is 20.4 Å². The molecule has 0 radical (unpaired) electrons. The van der Waals surface area contributed by atoms with Crippen LogP contribution < -0.4 is 35.6 Å². The first kappa shape index (κ1) is 60.9. The van der Waals surface area contributed by atoms with Crippen molar-refractivity contribution in [3.8, 4) is 45.6 Å². The lowest BCUT2D eigenvalue weighted by Gasteiger charge is -2.38. The van der Waals surface area contributed by atoms with Crippen LogP contribution in [0.4, 0.5) is 23.3 Å². The van der Waals surface area contributed by atoms with E-state index in [1.165, 1.54) is 5.56 Å². The van der Waals surface area contributed by atoms with Gasteiger partial charge < -0.3 is 40.7 Å². The molecule has 4 aliphatic heterocycles. The zero-order chi connectivity index (χ0) is 63.7. The molecule has 4 fully saturated rings. The van der Waals surface area contributed by atoms with Crippen LogP contribution >= 0.6 is 0 Å². The Balaban J connectivity index is 0.000000140. The lowest BCUT2D eigenvalue weighted by atomic mass is 10.0. The van der Waals surface area contributed by atoms with Crippen LogP contribution in [0.5, 0.6) is 0 Å². The van der Waals surface area contributed by atoms with Crippen molar-refractivity contribution in [2.24, 2.45) is 0 Å². The third-order valence-corrected chi connectivity index (χ3v) is 17.7. The number of hydrogen-bond acceptors (Lipinski definition) is 20. The van der Waals surface area contributed by atoms with Crippen LogP contribution in [0.2, 0.25) is 0 Å². The van der Waals surface area contributed by atoms with Gasteiger partial charge in [0.15, 0.2) is 22.6 Å². The fraction of sp³-hybridized carbons (Fsp3) is 0.286. The Kier molecular flexibility index (Phi) is 18.2.